The van der Waals surface area contributed by atoms with Crippen molar-refractivity contribution in [3.8, 4) is 0 Å². The number of nitrogens with one attached hydrogen (secondary N) is 1. The van der Waals surface area contributed by atoms with Crippen LogP contribution in [0.15, 0.2) is 0 Å². The Morgan fingerprint density at radius 2 is 2.10 bits per heavy atom. The zero-order valence-corrected chi connectivity index (χ0v) is 13.7. The van der Waals surface area contributed by atoms with Crippen molar-refractivity contribution < 1.29 is 9.53 Å². The van der Waals surface area contributed by atoms with Gasteiger partial charge in [0, 0.05) is 19.2 Å². The van der Waals surface area contributed by atoms with Crippen LogP contribution in [0.2, 0.25) is 0 Å². The maximum Gasteiger partial charge on any atom is 0.263 e. The van der Waals surface area contributed by atoms with Crippen LogP contribution in [-0.4, -0.2) is 36.2 Å². The molecular weight excluding hydrogens is 286 g/mol. The second-order valence-corrected chi connectivity index (χ2v) is 6.87. The van der Waals surface area contributed by atoms with E-state index in [1.807, 2.05) is 13.8 Å². The first kappa shape index (κ1) is 16.4. The molecule has 1 fully saturated rings. The molecule has 0 bridgehead atoms. The van der Waals surface area contributed by atoms with E-state index < -0.39 is 0 Å². The van der Waals surface area contributed by atoms with Gasteiger partial charge in [-0.1, -0.05) is 0 Å². The summed E-state index contributed by atoms with van der Waals surface area (Å²) in [5.41, 5.74) is 6.68. The molecular formula is C15H25N3O2S. The van der Waals surface area contributed by atoms with Crippen molar-refractivity contribution in [1.29, 1.82) is 0 Å². The predicted octanol–water partition coefficient (Wildman–Crippen LogP) is 2.17. The number of hydrogen-bond donors (Lipinski definition) is 2. The van der Waals surface area contributed by atoms with Crippen LogP contribution < -0.4 is 11.1 Å². The minimum atomic E-state index is -0.0262. The number of nitrogens with two attached hydrogens (primary N) is 1. The molecule has 0 saturated heterocycles. The van der Waals surface area contributed by atoms with Crippen LogP contribution in [0.1, 0.15) is 52.5 Å². The fraction of sp³-hybridized carbons (Fsp3) is 0.733. The van der Waals surface area contributed by atoms with Gasteiger partial charge in [-0.15, -0.1) is 11.3 Å². The van der Waals surface area contributed by atoms with Gasteiger partial charge in [0.05, 0.1) is 16.8 Å². The van der Waals surface area contributed by atoms with Gasteiger partial charge in [-0.05, 0) is 46.0 Å². The van der Waals surface area contributed by atoms with Crippen LogP contribution in [0.5, 0.6) is 0 Å². The highest BCUT2D eigenvalue weighted by Gasteiger charge is 2.18. The molecule has 1 aromatic rings. The van der Waals surface area contributed by atoms with Crippen molar-refractivity contribution in [2.75, 3.05) is 13.2 Å². The molecule has 1 heterocycles. The molecule has 6 heteroatoms. The van der Waals surface area contributed by atoms with E-state index in [1.54, 1.807) is 0 Å². The second kappa shape index (κ2) is 7.87. The van der Waals surface area contributed by atoms with Gasteiger partial charge >= 0.3 is 0 Å². The Labute approximate surface area is 130 Å². The van der Waals surface area contributed by atoms with Crippen LogP contribution in [0.25, 0.3) is 0 Å². The molecule has 0 atom stereocenters. The van der Waals surface area contributed by atoms with Gasteiger partial charge in [0.2, 0.25) is 0 Å². The topological polar surface area (TPSA) is 77.2 Å². The number of carbonyl (C=O) groups is 1. The monoisotopic (exact) mass is 311 g/mol. The second-order valence-electron chi connectivity index (χ2n) is 5.66. The molecule has 0 spiro atoms. The van der Waals surface area contributed by atoms with Crippen molar-refractivity contribution in [3.63, 3.8) is 0 Å². The lowest BCUT2D eigenvalue weighted by molar-refractivity contribution is 0.0241. The van der Waals surface area contributed by atoms with Crippen molar-refractivity contribution in [3.05, 3.63) is 15.6 Å². The lowest BCUT2D eigenvalue weighted by Gasteiger charge is -2.26. The average Bonchev–Trinajstić information content (AvgIpc) is 2.79. The standard InChI is InChI=1S/C15H25N3O2S/c1-10-14(21-11(2)18-10)15(19)17-8-3-9-20-13-6-4-12(16)5-7-13/h12-13H,3-9,16H2,1-2H3,(H,17,19). The Balaban J connectivity index is 1.59. The highest BCUT2D eigenvalue weighted by atomic mass is 32.1. The van der Waals surface area contributed by atoms with Gasteiger partial charge < -0.3 is 15.8 Å². The minimum Gasteiger partial charge on any atom is -0.378 e. The number of nitrogens with zero attached hydrogens (tertiary/aromatic N) is 1. The summed E-state index contributed by atoms with van der Waals surface area (Å²) in [6.45, 7) is 5.12. The zero-order chi connectivity index (χ0) is 15.2. The zero-order valence-electron chi connectivity index (χ0n) is 12.9. The van der Waals surface area contributed by atoms with Crippen molar-refractivity contribution in [2.45, 2.75) is 58.1 Å². The highest BCUT2D eigenvalue weighted by Crippen LogP contribution is 2.20. The van der Waals surface area contributed by atoms with Crippen LogP contribution in [-0.2, 0) is 4.74 Å². The minimum absolute atomic E-state index is 0.0262. The smallest absolute Gasteiger partial charge is 0.263 e. The lowest BCUT2D eigenvalue weighted by atomic mass is 9.94. The van der Waals surface area contributed by atoms with Crippen LogP contribution >= 0.6 is 11.3 Å². The van der Waals surface area contributed by atoms with E-state index in [-0.39, 0.29) is 5.91 Å². The summed E-state index contributed by atoms with van der Waals surface area (Å²) in [5, 5.41) is 3.86. The molecule has 21 heavy (non-hydrogen) atoms. The van der Waals surface area contributed by atoms with Gasteiger partial charge in [-0.3, -0.25) is 4.79 Å². The van der Waals surface area contributed by atoms with Gasteiger partial charge in [-0.25, -0.2) is 4.98 Å². The molecule has 0 aliphatic heterocycles. The third kappa shape index (κ3) is 5.05. The van der Waals surface area contributed by atoms with E-state index >= 15 is 0 Å². The number of ether oxygens (including phenoxy) is 1. The SMILES string of the molecule is Cc1nc(C)c(C(=O)NCCCOC2CCC(N)CC2)s1. The molecule has 3 N–H and O–H groups in total. The third-order valence-corrected chi connectivity index (χ3v) is 4.86. The first-order valence-corrected chi connectivity index (χ1v) is 8.47. The number of thiazole rings is 1. The van der Waals surface area contributed by atoms with Crippen LogP contribution in [0, 0.1) is 13.8 Å². The molecule has 118 valence electrons. The lowest BCUT2D eigenvalue weighted by Crippen LogP contribution is -2.31. The number of rotatable bonds is 6. The molecule has 1 aliphatic carbocycles. The molecule has 1 aromatic heterocycles. The predicted molar refractivity (Wildman–Crippen MR) is 84.7 cm³/mol. The van der Waals surface area contributed by atoms with E-state index in [0.29, 0.717) is 25.3 Å². The summed E-state index contributed by atoms with van der Waals surface area (Å²) in [6, 6.07) is 0.357. The number of carbonyl (C=O) groups excluding carboxylic acids is 1. The fourth-order valence-corrected chi connectivity index (χ4v) is 3.44. The molecule has 0 radical (unpaired) electrons. The van der Waals surface area contributed by atoms with E-state index in [0.717, 1.165) is 47.7 Å². The van der Waals surface area contributed by atoms with E-state index in [4.69, 9.17) is 10.5 Å². The molecule has 1 aliphatic rings. The maximum atomic E-state index is 12.0. The number of aryl methyl sites for hydroxylation is 2. The summed E-state index contributed by atoms with van der Waals surface area (Å²) >= 11 is 1.44. The van der Waals surface area contributed by atoms with Gasteiger partial charge in [0.1, 0.15) is 4.88 Å². The molecule has 0 unspecified atom stereocenters. The normalized spacial score (nSPS) is 22.2. The third-order valence-electron chi connectivity index (χ3n) is 3.79. The Bertz CT molecular complexity index is 467. The molecule has 1 saturated carbocycles. The Morgan fingerprint density at radius 1 is 1.38 bits per heavy atom. The van der Waals surface area contributed by atoms with Crippen LogP contribution in [0.3, 0.4) is 0 Å². The largest absolute Gasteiger partial charge is 0.378 e. The summed E-state index contributed by atoms with van der Waals surface area (Å²) in [4.78, 5) is 17.0. The van der Waals surface area contributed by atoms with Crippen molar-refractivity contribution in [2.24, 2.45) is 5.73 Å². The average molecular weight is 311 g/mol. The Kier molecular flexibility index (Phi) is 6.14. The quantitative estimate of drug-likeness (QED) is 0.789. The Hall–Kier alpha value is -0.980. The number of aromatic nitrogens is 1. The molecule has 0 aromatic carbocycles. The van der Waals surface area contributed by atoms with Gasteiger partial charge in [0.15, 0.2) is 0 Å². The number of hydrogen-bond acceptors (Lipinski definition) is 5. The van der Waals surface area contributed by atoms with E-state index in [1.165, 1.54) is 11.3 Å². The first-order chi connectivity index (χ1) is 10.1. The summed E-state index contributed by atoms with van der Waals surface area (Å²) in [5.74, 6) is -0.0262. The summed E-state index contributed by atoms with van der Waals surface area (Å²) in [6.07, 6.45) is 5.44. The fourth-order valence-electron chi connectivity index (χ4n) is 2.60. The van der Waals surface area contributed by atoms with Gasteiger partial charge in [0.25, 0.3) is 5.91 Å². The van der Waals surface area contributed by atoms with E-state index in [9.17, 15) is 4.79 Å². The van der Waals surface area contributed by atoms with Crippen molar-refractivity contribution in [1.82, 2.24) is 10.3 Å². The molecule has 5 nitrogen and oxygen atoms in total. The summed E-state index contributed by atoms with van der Waals surface area (Å²) in [7, 11) is 0. The first-order valence-electron chi connectivity index (χ1n) is 7.65. The highest BCUT2D eigenvalue weighted by molar-refractivity contribution is 7.13. The van der Waals surface area contributed by atoms with Crippen LogP contribution in [0.4, 0.5) is 0 Å². The number of amides is 1. The maximum absolute atomic E-state index is 12.0. The molecule has 1 amide bonds. The van der Waals surface area contributed by atoms with Crippen molar-refractivity contribution >= 4 is 17.2 Å². The van der Waals surface area contributed by atoms with Gasteiger partial charge in [-0.2, -0.15) is 0 Å². The Morgan fingerprint density at radius 3 is 2.71 bits per heavy atom. The molecule has 2 rings (SSSR count). The summed E-state index contributed by atoms with van der Waals surface area (Å²) < 4.78 is 5.83. The van der Waals surface area contributed by atoms with E-state index in [2.05, 4.69) is 10.3 Å².